The van der Waals surface area contributed by atoms with E-state index < -0.39 is 18.1 Å². The summed E-state index contributed by atoms with van der Waals surface area (Å²) in [4.78, 5) is 10.2. The van der Waals surface area contributed by atoms with Crippen molar-refractivity contribution in [2.45, 2.75) is 25.7 Å². The van der Waals surface area contributed by atoms with Gasteiger partial charge in [-0.1, -0.05) is 36.4 Å². The number of fused-ring (bicyclic) bond motifs is 1. The molecule has 0 saturated carbocycles. The van der Waals surface area contributed by atoms with Gasteiger partial charge in [0.25, 0.3) is 0 Å². The smallest absolute Gasteiger partial charge is 0.491 e. The largest absolute Gasteiger partial charge is 0.492 e. The minimum atomic E-state index is -1.18. The van der Waals surface area contributed by atoms with Crippen molar-refractivity contribution in [2.24, 2.45) is 0 Å². The van der Waals surface area contributed by atoms with Gasteiger partial charge in [0.05, 0.1) is 12.7 Å². The van der Waals surface area contributed by atoms with Gasteiger partial charge >= 0.3 is 7.12 Å². The van der Waals surface area contributed by atoms with Crippen LogP contribution in [-0.2, 0) is 16.0 Å². The van der Waals surface area contributed by atoms with E-state index in [2.05, 4.69) is 0 Å². The van der Waals surface area contributed by atoms with Crippen LogP contribution in [0.2, 0.25) is 0 Å². The van der Waals surface area contributed by atoms with E-state index in [1.807, 2.05) is 37.3 Å². The van der Waals surface area contributed by atoms with Crippen LogP contribution in [0.25, 0.3) is 0 Å². The molecule has 1 heterocycles. The number of benzene rings is 2. The van der Waals surface area contributed by atoms with Gasteiger partial charge in [-0.2, -0.15) is 0 Å². The van der Waals surface area contributed by atoms with E-state index in [-0.39, 0.29) is 12.6 Å². The molecule has 8 heteroatoms. The zero-order valence-corrected chi connectivity index (χ0v) is 14.4. The number of nitro groups is 1. The number of hydrogen-bond donors (Lipinski definition) is 1. The van der Waals surface area contributed by atoms with Crippen LogP contribution in [0.1, 0.15) is 24.2 Å². The fourth-order valence-electron chi connectivity index (χ4n) is 2.80. The fraction of sp³-hybridized carbons (Fsp3) is 0.333. The minimum Gasteiger partial charge on any atom is -0.491 e. The summed E-state index contributed by atoms with van der Waals surface area (Å²) >= 11 is 0. The second-order valence-electron chi connectivity index (χ2n) is 6.20. The van der Waals surface area contributed by atoms with Gasteiger partial charge in [-0.15, -0.1) is 0 Å². The van der Waals surface area contributed by atoms with Crippen molar-refractivity contribution < 1.29 is 24.1 Å². The SMILES string of the molecule is CC(COc1ccc2c(c1)B(O)OC2C[N+](=O)[O-])OCc1ccccc1. The van der Waals surface area contributed by atoms with Crippen molar-refractivity contribution in [3.05, 3.63) is 69.8 Å². The average molecular weight is 357 g/mol. The first-order chi connectivity index (χ1) is 12.5. The number of ether oxygens (including phenoxy) is 2. The molecule has 0 saturated heterocycles. The standard InChI is InChI=1S/C18H20BNO6/c1-13(24-12-14-5-3-2-4-6-14)11-25-15-7-8-16-17(9-15)19(21)26-18(16)10-20(22)23/h2-9,13,18,21H,10-12H2,1H3. The van der Waals surface area contributed by atoms with Crippen molar-refractivity contribution in [1.29, 1.82) is 0 Å². The van der Waals surface area contributed by atoms with Gasteiger partial charge in [0.2, 0.25) is 6.54 Å². The van der Waals surface area contributed by atoms with Gasteiger partial charge < -0.3 is 19.2 Å². The number of rotatable bonds is 8. The molecule has 1 aliphatic heterocycles. The third kappa shape index (κ3) is 4.60. The first-order valence-electron chi connectivity index (χ1n) is 8.40. The summed E-state index contributed by atoms with van der Waals surface area (Å²) in [6.45, 7) is 2.39. The summed E-state index contributed by atoms with van der Waals surface area (Å²) < 4.78 is 16.7. The molecule has 2 unspecified atom stereocenters. The Morgan fingerprint density at radius 2 is 2.08 bits per heavy atom. The van der Waals surface area contributed by atoms with E-state index in [0.29, 0.717) is 30.0 Å². The van der Waals surface area contributed by atoms with Gasteiger partial charge in [-0.3, -0.25) is 10.1 Å². The average Bonchev–Trinajstić information content (AvgIpc) is 2.93. The van der Waals surface area contributed by atoms with Crippen molar-refractivity contribution in [2.75, 3.05) is 13.2 Å². The van der Waals surface area contributed by atoms with Gasteiger partial charge in [-0.05, 0) is 35.6 Å². The van der Waals surface area contributed by atoms with Crippen molar-refractivity contribution in [3.63, 3.8) is 0 Å². The maximum atomic E-state index is 10.7. The molecule has 0 fully saturated rings. The Kier molecular flexibility index (Phi) is 5.87. The van der Waals surface area contributed by atoms with Crippen molar-refractivity contribution in [3.8, 4) is 5.75 Å². The lowest BCUT2D eigenvalue weighted by molar-refractivity contribution is -0.490. The summed E-state index contributed by atoms with van der Waals surface area (Å²) in [5.74, 6) is 0.559. The van der Waals surface area contributed by atoms with E-state index in [0.717, 1.165) is 5.56 Å². The molecule has 7 nitrogen and oxygen atoms in total. The molecule has 2 aromatic carbocycles. The molecule has 0 amide bonds. The Labute approximate surface area is 151 Å². The highest BCUT2D eigenvalue weighted by atomic mass is 16.6. The maximum absolute atomic E-state index is 10.7. The molecular weight excluding hydrogens is 337 g/mol. The second kappa shape index (κ2) is 8.31. The summed E-state index contributed by atoms with van der Waals surface area (Å²) in [6, 6.07) is 14.9. The van der Waals surface area contributed by atoms with Crippen molar-refractivity contribution >= 4 is 12.6 Å². The molecule has 1 N–H and O–H groups in total. The van der Waals surface area contributed by atoms with Gasteiger partial charge in [0, 0.05) is 4.92 Å². The Bertz CT molecular complexity index is 757. The first kappa shape index (κ1) is 18.4. The third-order valence-electron chi connectivity index (χ3n) is 4.14. The fourth-order valence-corrected chi connectivity index (χ4v) is 2.80. The van der Waals surface area contributed by atoms with Gasteiger partial charge in [0.1, 0.15) is 18.5 Å². The maximum Gasteiger partial charge on any atom is 0.492 e. The molecule has 0 radical (unpaired) electrons. The van der Waals surface area contributed by atoms with Crippen LogP contribution in [0.5, 0.6) is 5.75 Å². The second-order valence-corrected chi connectivity index (χ2v) is 6.20. The van der Waals surface area contributed by atoms with Crippen molar-refractivity contribution in [1.82, 2.24) is 0 Å². The minimum absolute atomic E-state index is 0.119. The summed E-state index contributed by atoms with van der Waals surface area (Å²) in [5.41, 5.74) is 2.22. The van der Waals surface area contributed by atoms with E-state index in [1.54, 1.807) is 18.2 Å². The van der Waals surface area contributed by atoms with E-state index in [9.17, 15) is 15.1 Å². The lowest BCUT2D eigenvalue weighted by Crippen LogP contribution is -2.28. The first-order valence-corrected chi connectivity index (χ1v) is 8.40. The summed E-state index contributed by atoms with van der Waals surface area (Å²) in [7, 11) is -1.18. The molecule has 26 heavy (non-hydrogen) atoms. The van der Waals surface area contributed by atoms with E-state index in [4.69, 9.17) is 14.1 Å². The van der Waals surface area contributed by atoms with Crippen LogP contribution in [0.4, 0.5) is 0 Å². The highest BCUT2D eigenvalue weighted by molar-refractivity contribution is 6.61. The van der Waals surface area contributed by atoms with Crippen LogP contribution in [0.15, 0.2) is 48.5 Å². The highest BCUT2D eigenvalue weighted by Gasteiger charge is 2.37. The Morgan fingerprint density at radius 3 is 2.81 bits per heavy atom. The lowest BCUT2D eigenvalue weighted by Gasteiger charge is -2.15. The molecule has 136 valence electrons. The quantitative estimate of drug-likeness (QED) is 0.439. The third-order valence-corrected chi connectivity index (χ3v) is 4.14. The molecule has 0 aliphatic carbocycles. The van der Waals surface area contributed by atoms with Crippen LogP contribution in [-0.4, -0.2) is 36.3 Å². The summed E-state index contributed by atoms with van der Waals surface area (Å²) in [6.07, 6.45) is -0.857. The lowest BCUT2D eigenvalue weighted by atomic mass is 9.79. The van der Waals surface area contributed by atoms with Crippen LogP contribution in [0.3, 0.4) is 0 Å². The Hall–Kier alpha value is -2.42. The van der Waals surface area contributed by atoms with Crippen LogP contribution < -0.4 is 10.2 Å². The Morgan fingerprint density at radius 1 is 1.31 bits per heavy atom. The van der Waals surface area contributed by atoms with E-state index in [1.165, 1.54) is 0 Å². The van der Waals surface area contributed by atoms with Crippen LogP contribution in [0, 0.1) is 10.1 Å². The molecule has 2 aromatic rings. The topological polar surface area (TPSA) is 91.1 Å². The monoisotopic (exact) mass is 357 g/mol. The van der Waals surface area contributed by atoms with Gasteiger partial charge in [-0.25, -0.2) is 0 Å². The predicted molar refractivity (Wildman–Crippen MR) is 95.9 cm³/mol. The molecule has 0 bridgehead atoms. The number of nitrogens with zero attached hydrogens (tertiary/aromatic N) is 1. The Balaban J connectivity index is 1.54. The highest BCUT2D eigenvalue weighted by Crippen LogP contribution is 2.26. The molecule has 2 atom stereocenters. The molecule has 0 spiro atoms. The zero-order valence-electron chi connectivity index (χ0n) is 14.4. The predicted octanol–water partition coefficient (Wildman–Crippen LogP) is 1.71. The normalized spacial score (nSPS) is 17.0. The van der Waals surface area contributed by atoms with Gasteiger partial charge in [0.15, 0.2) is 0 Å². The summed E-state index contributed by atoms with van der Waals surface area (Å²) in [5, 5.41) is 20.6. The molecular formula is C18H20BNO6. The zero-order chi connectivity index (χ0) is 18.5. The molecule has 1 aliphatic rings. The van der Waals surface area contributed by atoms with E-state index >= 15 is 0 Å². The molecule has 3 rings (SSSR count). The van der Waals surface area contributed by atoms with Crippen LogP contribution >= 0.6 is 0 Å². The number of hydrogen-bond acceptors (Lipinski definition) is 6. The molecule has 0 aromatic heterocycles.